The van der Waals surface area contributed by atoms with Crippen molar-refractivity contribution in [1.29, 1.82) is 5.26 Å². The van der Waals surface area contributed by atoms with E-state index in [-0.39, 0.29) is 0 Å². The third-order valence-electron chi connectivity index (χ3n) is 3.50. The average molecular weight is 279 g/mol. The van der Waals surface area contributed by atoms with Gasteiger partial charge in [-0.1, -0.05) is 12.1 Å². The lowest BCUT2D eigenvalue weighted by atomic mass is 10.0. The Bertz CT molecular complexity index is 644. The van der Waals surface area contributed by atoms with Crippen LogP contribution in [0.4, 0.5) is 0 Å². The molecule has 1 aliphatic rings. The fourth-order valence-electron chi connectivity index (χ4n) is 2.54. The molecular weight excluding hydrogens is 266 g/mol. The van der Waals surface area contributed by atoms with Crippen molar-refractivity contribution in [3.05, 3.63) is 29.8 Å². The van der Waals surface area contributed by atoms with Crippen molar-refractivity contribution >= 4 is 16.1 Å². The fraction of sp³-hybridized carbons (Fsp3) is 0.385. The fourth-order valence-corrected chi connectivity index (χ4v) is 4.30. The number of benzene rings is 1. The topological polar surface area (TPSA) is 84.2 Å². The number of methoxy groups -OCH3 is 1. The molecule has 1 aromatic carbocycles. The summed E-state index contributed by atoms with van der Waals surface area (Å²) < 4.78 is 28.4. The van der Waals surface area contributed by atoms with E-state index < -0.39 is 26.4 Å². The largest absolute Gasteiger partial charge is 0.497 e. The zero-order valence-corrected chi connectivity index (χ0v) is 11.3. The Morgan fingerprint density at radius 3 is 2.26 bits per heavy atom. The number of aldehydes is 1. The first-order valence-corrected chi connectivity index (χ1v) is 7.56. The zero-order chi connectivity index (χ0) is 14.3. The number of rotatable bonds is 4. The van der Waals surface area contributed by atoms with E-state index in [1.165, 1.54) is 7.11 Å². The van der Waals surface area contributed by atoms with Crippen LogP contribution in [-0.2, 0) is 14.6 Å². The number of hydrogen-bond acceptors (Lipinski definition) is 5. The van der Waals surface area contributed by atoms with E-state index in [4.69, 9.17) is 10.00 Å². The second-order valence-corrected chi connectivity index (χ2v) is 6.83. The number of sulfone groups is 1. The maximum absolute atomic E-state index is 11.7. The molecule has 1 aromatic rings. The predicted molar refractivity (Wildman–Crippen MR) is 68.5 cm³/mol. The van der Waals surface area contributed by atoms with Crippen LogP contribution in [0.25, 0.3) is 0 Å². The van der Waals surface area contributed by atoms with E-state index >= 15 is 0 Å². The Morgan fingerprint density at radius 2 is 1.95 bits per heavy atom. The standard InChI is InChI=1S/C13H13NO4S/c1-18-10-5-3-9(4-6-10)11-12(19(2,16)17)13(11,7-14)8-15/h3-6,8,11-12H,1-2H3/t11-,12-,13+/m1/s1. The predicted octanol–water partition coefficient (Wildman–Crippen LogP) is 0.914. The lowest BCUT2D eigenvalue weighted by molar-refractivity contribution is -0.110. The van der Waals surface area contributed by atoms with Crippen molar-refractivity contribution in [1.82, 2.24) is 0 Å². The maximum Gasteiger partial charge on any atom is 0.153 e. The van der Waals surface area contributed by atoms with Crippen molar-refractivity contribution in [2.75, 3.05) is 13.4 Å². The van der Waals surface area contributed by atoms with Crippen molar-refractivity contribution < 1.29 is 17.9 Å². The number of hydrogen-bond donors (Lipinski definition) is 0. The molecule has 0 heterocycles. The molecule has 0 unspecified atom stereocenters. The molecule has 0 bridgehead atoms. The maximum atomic E-state index is 11.7. The first-order chi connectivity index (χ1) is 8.90. The lowest BCUT2D eigenvalue weighted by Crippen LogP contribution is -2.14. The molecule has 0 spiro atoms. The Labute approximate surface area is 111 Å². The summed E-state index contributed by atoms with van der Waals surface area (Å²) in [5.41, 5.74) is -0.799. The minimum absolute atomic E-state index is 0.452. The second kappa shape index (κ2) is 4.35. The zero-order valence-electron chi connectivity index (χ0n) is 10.5. The van der Waals surface area contributed by atoms with Crippen LogP contribution in [-0.4, -0.2) is 33.3 Å². The lowest BCUT2D eigenvalue weighted by Gasteiger charge is -2.02. The second-order valence-electron chi connectivity index (χ2n) is 4.66. The highest BCUT2D eigenvalue weighted by Crippen LogP contribution is 2.61. The van der Waals surface area contributed by atoms with Gasteiger partial charge in [-0.15, -0.1) is 0 Å². The highest BCUT2D eigenvalue weighted by molar-refractivity contribution is 7.91. The van der Waals surface area contributed by atoms with Gasteiger partial charge in [-0.25, -0.2) is 8.42 Å². The minimum Gasteiger partial charge on any atom is -0.497 e. The molecule has 19 heavy (non-hydrogen) atoms. The Morgan fingerprint density at radius 1 is 1.37 bits per heavy atom. The van der Waals surface area contributed by atoms with Crippen LogP contribution in [0.3, 0.4) is 0 Å². The van der Waals surface area contributed by atoms with Crippen LogP contribution in [0, 0.1) is 16.7 Å². The molecular formula is C13H13NO4S. The highest BCUT2D eigenvalue weighted by atomic mass is 32.2. The van der Waals surface area contributed by atoms with Crippen LogP contribution in [0.2, 0.25) is 0 Å². The van der Waals surface area contributed by atoms with Gasteiger partial charge in [0.05, 0.1) is 18.4 Å². The molecule has 0 saturated heterocycles. The third-order valence-corrected chi connectivity index (χ3v) is 5.09. The van der Waals surface area contributed by atoms with Crippen molar-refractivity contribution in [3.63, 3.8) is 0 Å². The van der Waals surface area contributed by atoms with E-state index in [0.29, 0.717) is 17.6 Å². The smallest absolute Gasteiger partial charge is 0.153 e. The average Bonchev–Trinajstić information content (AvgIpc) is 3.09. The molecule has 0 aliphatic heterocycles. The van der Waals surface area contributed by atoms with Crippen molar-refractivity contribution in [2.45, 2.75) is 11.2 Å². The number of nitriles is 1. The van der Waals surface area contributed by atoms with E-state index in [0.717, 1.165) is 6.26 Å². The molecule has 100 valence electrons. The molecule has 1 aliphatic carbocycles. The number of carbonyl (C=O) groups is 1. The molecule has 1 saturated carbocycles. The molecule has 6 heteroatoms. The van der Waals surface area contributed by atoms with Crippen LogP contribution in [0.15, 0.2) is 24.3 Å². The molecule has 3 atom stereocenters. The summed E-state index contributed by atoms with van der Waals surface area (Å²) in [7, 11) is -1.94. The summed E-state index contributed by atoms with van der Waals surface area (Å²) in [6.45, 7) is 0. The third kappa shape index (κ3) is 2.00. The summed E-state index contributed by atoms with van der Waals surface area (Å²) in [6.07, 6.45) is 1.50. The number of ether oxygens (including phenoxy) is 1. The summed E-state index contributed by atoms with van der Waals surface area (Å²) in [5.74, 6) is 0.0323. The Balaban J connectivity index is 2.44. The van der Waals surface area contributed by atoms with Gasteiger partial charge in [-0.2, -0.15) is 5.26 Å². The van der Waals surface area contributed by atoms with E-state index in [1.807, 2.05) is 6.07 Å². The Kier molecular flexibility index (Phi) is 3.11. The van der Waals surface area contributed by atoms with Crippen LogP contribution in [0.5, 0.6) is 5.75 Å². The van der Waals surface area contributed by atoms with Crippen LogP contribution < -0.4 is 4.74 Å². The van der Waals surface area contributed by atoms with Gasteiger partial charge in [-0.3, -0.25) is 0 Å². The first kappa shape index (κ1) is 13.6. The molecule has 0 radical (unpaired) electrons. The monoisotopic (exact) mass is 279 g/mol. The van der Waals surface area contributed by atoms with Gasteiger partial charge in [-0.05, 0) is 17.7 Å². The summed E-state index contributed by atoms with van der Waals surface area (Å²) in [5, 5.41) is 8.19. The summed E-state index contributed by atoms with van der Waals surface area (Å²) in [6, 6.07) is 8.59. The number of nitrogens with zero attached hydrogens (tertiary/aromatic N) is 1. The molecule has 5 nitrogen and oxygen atoms in total. The van der Waals surface area contributed by atoms with E-state index in [9.17, 15) is 13.2 Å². The van der Waals surface area contributed by atoms with Crippen LogP contribution >= 0.6 is 0 Å². The van der Waals surface area contributed by atoms with E-state index in [1.54, 1.807) is 24.3 Å². The first-order valence-electron chi connectivity index (χ1n) is 5.61. The van der Waals surface area contributed by atoms with Gasteiger partial charge in [0.15, 0.2) is 9.84 Å². The SMILES string of the molecule is COc1ccc([C@@H]2[C@@H](S(C)(=O)=O)[C@@]2(C#N)C=O)cc1. The molecule has 0 N–H and O–H groups in total. The summed E-state index contributed by atoms with van der Waals surface area (Å²) >= 11 is 0. The van der Waals surface area contributed by atoms with Gasteiger partial charge in [0.1, 0.15) is 17.5 Å². The summed E-state index contributed by atoms with van der Waals surface area (Å²) in [4.78, 5) is 11.2. The van der Waals surface area contributed by atoms with Gasteiger partial charge in [0, 0.05) is 12.2 Å². The van der Waals surface area contributed by atoms with Gasteiger partial charge < -0.3 is 9.53 Å². The molecule has 1 fully saturated rings. The highest BCUT2D eigenvalue weighted by Gasteiger charge is 2.71. The molecule has 2 rings (SSSR count). The van der Waals surface area contributed by atoms with Crippen molar-refractivity contribution in [3.8, 4) is 11.8 Å². The quantitative estimate of drug-likeness (QED) is 0.765. The van der Waals surface area contributed by atoms with Crippen molar-refractivity contribution in [2.24, 2.45) is 5.41 Å². The normalized spacial score (nSPS) is 29.3. The van der Waals surface area contributed by atoms with Gasteiger partial charge in [0.2, 0.25) is 0 Å². The molecule has 0 amide bonds. The van der Waals surface area contributed by atoms with Crippen LogP contribution in [0.1, 0.15) is 11.5 Å². The van der Waals surface area contributed by atoms with Gasteiger partial charge >= 0.3 is 0 Å². The van der Waals surface area contributed by atoms with E-state index in [2.05, 4.69) is 0 Å². The van der Waals surface area contributed by atoms with Gasteiger partial charge in [0.25, 0.3) is 0 Å². The molecule has 0 aromatic heterocycles. The number of carbonyl (C=O) groups excluding carboxylic acids is 1. The Hall–Kier alpha value is -1.87. The minimum atomic E-state index is -3.46.